The number of fused-ring (bicyclic) bond motifs is 1. The number of nitrogens with two attached hydrogens (primary N) is 1. The Kier molecular flexibility index (Phi) is 6.96. The summed E-state index contributed by atoms with van der Waals surface area (Å²) in [4.78, 5) is 28.8. The molecule has 0 aliphatic carbocycles. The van der Waals surface area contributed by atoms with Crippen LogP contribution in [0.25, 0.3) is 5.69 Å². The topological polar surface area (TPSA) is 84.5 Å². The van der Waals surface area contributed by atoms with Crippen LogP contribution in [0.3, 0.4) is 0 Å². The summed E-state index contributed by atoms with van der Waals surface area (Å²) in [5.41, 5.74) is 6.05. The number of alkyl halides is 3. The number of aryl methyl sites for hydroxylation is 1. The number of para-hydroxylation sites is 1. The lowest BCUT2D eigenvalue weighted by molar-refractivity contribution is -0.143. The van der Waals surface area contributed by atoms with Crippen molar-refractivity contribution in [1.82, 2.24) is 19.6 Å². The fourth-order valence-corrected chi connectivity index (χ4v) is 5.82. The number of primary amides is 1. The van der Waals surface area contributed by atoms with Gasteiger partial charge >= 0.3 is 6.18 Å². The largest absolute Gasteiger partial charge is 0.434 e. The van der Waals surface area contributed by atoms with E-state index in [1.54, 1.807) is 18.2 Å². The number of hydrogen-bond donors (Lipinski definition) is 1. The number of benzene rings is 2. The van der Waals surface area contributed by atoms with Crippen LogP contribution in [0.15, 0.2) is 54.7 Å². The van der Waals surface area contributed by atoms with E-state index in [1.165, 1.54) is 17.0 Å². The molecule has 2 aromatic carbocycles. The molecule has 11 heteroatoms. The Hall–Kier alpha value is -3.37. The van der Waals surface area contributed by atoms with Crippen LogP contribution in [0.1, 0.15) is 39.6 Å². The van der Waals surface area contributed by atoms with Crippen molar-refractivity contribution in [1.29, 1.82) is 0 Å². The highest BCUT2D eigenvalue weighted by Gasteiger charge is 2.46. The van der Waals surface area contributed by atoms with E-state index in [2.05, 4.69) is 10.00 Å². The second kappa shape index (κ2) is 10.1. The van der Waals surface area contributed by atoms with E-state index in [0.717, 1.165) is 22.0 Å². The molecule has 5 rings (SSSR count). The van der Waals surface area contributed by atoms with Gasteiger partial charge in [0, 0.05) is 43.7 Å². The summed E-state index contributed by atoms with van der Waals surface area (Å²) in [6.07, 6.45) is -3.64. The van der Waals surface area contributed by atoms with E-state index in [9.17, 15) is 22.8 Å². The predicted molar refractivity (Wildman–Crippen MR) is 136 cm³/mol. The van der Waals surface area contributed by atoms with Crippen LogP contribution >= 0.6 is 11.6 Å². The van der Waals surface area contributed by atoms with Gasteiger partial charge in [0.15, 0.2) is 5.69 Å². The highest BCUT2D eigenvalue weighted by molar-refractivity contribution is 6.31. The minimum atomic E-state index is -4.76. The van der Waals surface area contributed by atoms with Crippen molar-refractivity contribution in [3.63, 3.8) is 0 Å². The highest BCUT2D eigenvalue weighted by atomic mass is 35.5. The van der Waals surface area contributed by atoms with E-state index in [1.807, 2.05) is 25.1 Å². The monoisotopic (exact) mass is 545 g/mol. The summed E-state index contributed by atoms with van der Waals surface area (Å²) in [6.45, 7) is 3.73. The van der Waals surface area contributed by atoms with Gasteiger partial charge in [-0.25, -0.2) is 4.68 Å². The molecule has 3 atom stereocenters. The number of halogens is 4. The first-order chi connectivity index (χ1) is 18.0. The molecule has 3 unspecified atom stereocenters. The molecular formula is C27H27ClF3N5O2. The molecule has 38 heavy (non-hydrogen) atoms. The van der Waals surface area contributed by atoms with Crippen LogP contribution in [0, 0.1) is 18.8 Å². The van der Waals surface area contributed by atoms with Crippen LogP contribution in [-0.4, -0.2) is 57.6 Å². The van der Waals surface area contributed by atoms with Crippen molar-refractivity contribution in [2.24, 2.45) is 17.6 Å². The van der Waals surface area contributed by atoms with Gasteiger partial charge in [0.25, 0.3) is 5.91 Å². The summed E-state index contributed by atoms with van der Waals surface area (Å²) in [5, 5.41) is 4.52. The maximum atomic E-state index is 14.1. The first-order valence-electron chi connectivity index (χ1n) is 12.3. The minimum Gasteiger partial charge on any atom is -0.370 e. The third-order valence-corrected chi connectivity index (χ3v) is 7.89. The standard InChI is InChI=1S/C27H27ClF3N5O2/c1-16-7-8-17(9-22(16)28)23(10-24(32)37)34-12-18-14-35(15-19(18)13-34)26(38)21-11-33-36(25(21)27(29,30)31)20-5-3-2-4-6-20/h2-9,11,18-19,23H,10,12-15H2,1H3,(H2,32,37). The van der Waals surface area contributed by atoms with Crippen molar-refractivity contribution in [2.45, 2.75) is 25.6 Å². The lowest BCUT2D eigenvalue weighted by Gasteiger charge is -2.29. The smallest absolute Gasteiger partial charge is 0.370 e. The average Bonchev–Trinajstić information content (AvgIpc) is 3.57. The van der Waals surface area contributed by atoms with E-state index >= 15 is 0 Å². The lowest BCUT2D eigenvalue weighted by Crippen LogP contribution is -2.36. The summed E-state index contributed by atoms with van der Waals surface area (Å²) in [7, 11) is 0. The molecule has 0 radical (unpaired) electrons. The normalized spacial score (nSPS) is 20.5. The molecule has 0 bridgehead atoms. The van der Waals surface area contributed by atoms with Crippen molar-refractivity contribution in [3.8, 4) is 5.69 Å². The van der Waals surface area contributed by atoms with Gasteiger partial charge in [-0.3, -0.25) is 14.5 Å². The van der Waals surface area contributed by atoms with Crippen molar-refractivity contribution < 1.29 is 22.8 Å². The van der Waals surface area contributed by atoms with Crippen LogP contribution < -0.4 is 5.73 Å². The number of carbonyl (C=O) groups excluding carboxylic acids is 2. The summed E-state index contributed by atoms with van der Waals surface area (Å²) < 4.78 is 43.0. The molecule has 7 nitrogen and oxygen atoms in total. The Morgan fingerprint density at radius 3 is 2.32 bits per heavy atom. The molecule has 2 aliphatic rings. The van der Waals surface area contributed by atoms with Gasteiger partial charge in [-0.2, -0.15) is 18.3 Å². The van der Waals surface area contributed by atoms with Gasteiger partial charge < -0.3 is 10.6 Å². The zero-order valence-corrected chi connectivity index (χ0v) is 21.4. The molecule has 2 saturated heterocycles. The Balaban J connectivity index is 1.34. The fourth-order valence-electron chi connectivity index (χ4n) is 5.63. The molecule has 200 valence electrons. The molecule has 0 saturated carbocycles. The zero-order chi connectivity index (χ0) is 27.2. The molecule has 2 aliphatic heterocycles. The van der Waals surface area contributed by atoms with Gasteiger partial charge in [-0.15, -0.1) is 0 Å². The second-order valence-corrected chi connectivity index (χ2v) is 10.4. The highest BCUT2D eigenvalue weighted by Crippen LogP contribution is 2.40. The fraction of sp³-hybridized carbons (Fsp3) is 0.370. The van der Waals surface area contributed by atoms with Crippen LogP contribution in [0.2, 0.25) is 5.02 Å². The molecular weight excluding hydrogens is 519 g/mol. The molecule has 2 amide bonds. The van der Waals surface area contributed by atoms with Crippen molar-refractivity contribution in [3.05, 3.63) is 82.1 Å². The Bertz CT molecular complexity index is 1350. The molecule has 3 aromatic rings. The zero-order valence-electron chi connectivity index (χ0n) is 20.7. The average molecular weight is 546 g/mol. The Morgan fingerprint density at radius 2 is 1.74 bits per heavy atom. The SMILES string of the molecule is Cc1ccc(C(CC(N)=O)N2CC3CN(C(=O)c4cnn(-c5ccccc5)c4C(F)(F)F)CC3C2)cc1Cl. The second-order valence-electron chi connectivity index (χ2n) is 10.0. The number of rotatable bonds is 6. The quantitative estimate of drug-likeness (QED) is 0.495. The van der Waals surface area contributed by atoms with Crippen molar-refractivity contribution >= 4 is 23.4 Å². The van der Waals surface area contributed by atoms with E-state index in [0.29, 0.717) is 31.2 Å². The van der Waals surface area contributed by atoms with Gasteiger partial charge in [-0.1, -0.05) is 41.9 Å². The van der Waals surface area contributed by atoms with E-state index in [-0.39, 0.29) is 30.0 Å². The van der Waals surface area contributed by atoms with Gasteiger partial charge in [-0.05, 0) is 48.1 Å². The molecule has 2 fully saturated rings. The predicted octanol–water partition coefficient (Wildman–Crippen LogP) is 4.47. The minimum absolute atomic E-state index is 0.0637. The number of nitrogens with zero attached hydrogens (tertiary/aromatic N) is 4. The van der Waals surface area contributed by atoms with Gasteiger partial charge in [0.05, 0.1) is 17.4 Å². The molecule has 3 heterocycles. The molecule has 0 spiro atoms. The molecule has 2 N–H and O–H groups in total. The van der Waals surface area contributed by atoms with Crippen LogP contribution in [0.4, 0.5) is 13.2 Å². The Labute approximate surface area is 223 Å². The number of aromatic nitrogens is 2. The maximum Gasteiger partial charge on any atom is 0.434 e. The Morgan fingerprint density at radius 1 is 1.08 bits per heavy atom. The summed E-state index contributed by atoms with van der Waals surface area (Å²) >= 11 is 6.33. The van der Waals surface area contributed by atoms with E-state index < -0.39 is 29.2 Å². The van der Waals surface area contributed by atoms with Crippen molar-refractivity contribution in [2.75, 3.05) is 26.2 Å². The van der Waals surface area contributed by atoms with E-state index in [4.69, 9.17) is 17.3 Å². The lowest BCUT2D eigenvalue weighted by atomic mass is 10.0. The summed E-state index contributed by atoms with van der Waals surface area (Å²) in [6, 6.07) is 13.4. The third kappa shape index (κ3) is 5.02. The number of hydrogen-bond acceptors (Lipinski definition) is 4. The first kappa shape index (κ1) is 26.2. The number of likely N-dealkylation sites (tertiary alicyclic amines) is 2. The maximum absolute atomic E-state index is 14.1. The number of amides is 2. The molecule has 1 aromatic heterocycles. The van der Waals surface area contributed by atoms with Crippen LogP contribution in [-0.2, 0) is 11.0 Å². The van der Waals surface area contributed by atoms with Crippen LogP contribution in [0.5, 0.6) is 0 Å². The first-order valence-corrected chi connectivity index (χ1v) is 12.7. The van der Waals surface area contributed by atoms with Gasteiger partial charge in [0.2, 0.25) is 5.91 Å². The summed E-state index contributed by atoms with van der Waals surface area (Å²) in [5.74, 6) is -0.988. The van der Waals surface area contributed by atoms with Gasteiger partial charge in [0.1, 0.15) is 0 Å². The number of carbonyl (C=O) groups is 2. The third-order valence-electron chi connectivity index (χ3n) is 7.49.